The van der Waals surface area contributed by atoms with Crippen molar-refractivity contribution in [1.29, 1.82) is 0 Å². The van der Waals surface area contributed by atoms with Crippen LogP contribution in [0.3, 0.4) is 0 Å². The lowest BCUT2D eigenvalue weighted by molar-refractivity contribution is 0.217. The summed E-state index contributed by atoms with van der Waals surface area (Å²) in [7, 11) is 2.12. The third-order valence-corrected chi connectivity index (χ3v) is 2.78. The van der Waals surface area contributed by atoms with Gasteiger partial charge in [-0.3, -0.25) is 4.90 Å². The van der Waals surface area contributed by atoms with Crippen molar-refractivity contribution in [3.63, 3.8) is 0 Å². The summed E-state index contributed by atoms with van der Waals surface area (Å²) in [6.45, 7) is 5.85. The van der Waals surface area contributed by atoms with Crippen LogP contribution in [0.4, 0.5) is 0 Å². The van der Waals surface area contributed by atoms with E-state index < -0.39 is 0 Å². The summed E-state index contributed by atoms with van der Waals surface area (Å²) in [6, 6.07) is 4.61. The van der Waals surface area contributed by atoms with Gasteiger partial charge in [-0.1, -0.05) is 0 Å². The molecule has 0 amide bonds. The van der Waals surface area contributed by atoms with Crippen LogP contribution in [0.25, 0.3) is 0 Å². The molecule has 0 saturated heterocycles. The van der Waals surface area contributed by atoms with Crippen LogP contribution < -0.4 is 5.73 Å². The van der Waals surface area contributed by atoms with Crippen molar-refractivity contribution in [3.05, 3.63) is 23.7 Å². The fourth-order valence-electron chi connectivity index (χ4n) is 1.61. The predicted octanol–water partition coefficient (Wildman–Crippen LogP) is 2.15. The van der Waals surface area contributed by atoms with Crippen LogP contribution in [0.5, 0.6) is 0 Å². The first kappa shape index (κ1) is 12.3. The number of nitrogens with two attached hydrogens (primary N) is 1. The summed E-state index contributed by atoms with van der Waals surface area (Å²) < 4.78 is 5.54. The topological polar surface area (TPSA) is 42.4 Å². The minimum absolute atomic E-state index is 0.555. The number of nitrogens with zero attached hydrogens (tertiary/aromatic N) is 1. The zero-order valence-corrected chi connectivity index (χ0v) is 9.99. The van der Waals surface area contributed by atoms with Gasteiger partial charge < -0.3 is 10.2 Å². The van der Waals surface area contributed by atoms with Gasteiger partial charge in [0.1, 0.15) is 11.5 Å². The Labute approximate surface area is 92.2 Å². The Kier molecular flexibility index (Phi) is 4.85. The number of furan rings is 1. The molecule has 3 nitrogen and oxygen atoms in total. The van der Waals surface area contributed by atoms with E-state index in [9.17, 15) is 0 Å². The molecule has 1 unspecified atom stereocenters. The van der Waals surface area contributed by atoms with Crippen molar-refractivity contribution in [2.24, 2.45) is 5.73 Å². The standard InChI is InChI=1S/C12H22N2O/c1-10(5-4-8-13)14(3)9-12-7-6-11(2)15-12/h6-7,10H,4-5,8-9,13H2,1-3H3. The average Bonchev–Trinajstić information content (AvgIpc) is 2.60. The molecule has 0 aromatic carbocycles. The fourth-order valence-corrected chi connectivity index (χ4v) is 1.61. The lowest BCUT2D eigenvalue weighted by atomic mass is 10.1. The first-order valence-corrected chi connectivity index (χ1v) is 5.59. The Hall–Kier alpha value is -0.800. The maximum absolute atomic E-state index is 5.54. The fraction of sp³-hybridized carbons (Fsp3) is 0.667. The molecule has 0 fully saturated rings. The molecule has 0 spiro atoms. The highest BCUT2D eigenvalue weighted by Gasteiger charge is 2.10. The van der Waals surface area contributed by atoms with Crippen LogP contribution in [0.2, 0.25) is 0 Å². The van der Waals surface area contributed by atoms with Gasteiger partial charge in [-0.25, -0.2) is 0 Å². The minimum Gasteiger partial charge on any atom is -0.465 e. The van der Waals surface area contributed by atoms with Crippen molar-refractivity contribution < 1.29 is 4.42 Å². The first-order chi connectivity index (χ1) is 7.13. The molecule has 1 rings (SSSR count). The maximum Gasteiger partial charge on any atom is 0.118 e. The summed E-state index contributed by atoms with van der Waals surface area (Å²) in [5.41, 5.74) is 5.50. The van der Waals surface area contributed by atoms with Crippen LogP contribution in [-0.4, -0.2) is 24.5 Å². The lowest BCUT2D eigenvalue weighted by Gasteiger charge is -2.23. The van der Waals surface area contributed by atoms with Crippen LogP contribution in [0.15, 0.2) is 16.5 Å². The molecule has 0 saturated carbocycles. The molecule has 1 aromatic rings. The second kappa shape index (κ2) is 5.93. The quantitative estimate of drug-likeness (QED) is 0.782. The SMILES string of the molecule is Cc1ccc(CN(C)C(C)CCCN)o1. The molecule has 0 aliphatic heterocycles. The van der Waals surface area contributed by atoms with E-state index in [0.717, 1.165) is 37.5 Å². The molecule has 1 atom stereocenters. The Morgan fingerprint density at radius 2 is 2.20 bits per heavy atom. The van der Waals surface area contributed by atoms with Crippen LogP contribution in [-0.2, 0) is 6.54 Å². The maximum atomic E-state index is 5.54. The molecule has 0 aliphatic carbocycles. The molecule has 1 heterocycles. The van der Waals surface area contributed by atoms with Gasteiger partial charge in [0.05, 0.1) is 6.54 Å². The van der Waals surface area contributed by atoms with Gasteiger partial charge in [-0.15, -0.1) is 0 Å². The van der Waals surface area contributed by atoms with Gasteiger partial charge in [0.15, 0.2) is 0 Å². The normalized spacial score (nSPS) is 13.4. The summed E-state index contributed by atoms with van der Waals surface area (Å²) in [5.74, 6) is 2.02. The number of hydrogen-bond donors (Lipinski definition) is 1. The minimum atomic E-state index is 0.555. The summed E-state index contributed by atoms with van der Waals surface area (Å²) in [6.07, 6.45) is 2.23. The number of hydrogen-bond acceptors (Lipinski definition) is 3. The van der Waals surface area contributed by atoms with Crippen LogP contribution in [0.1, 0.15) is 31.3 Å². The predicted molar refractivity (Wildman–Crippen MR) is 62.7 cm³/mol. The van der Waals surface area contributed by atoms with E-state index in [0.29, 0.717) is 6.04 Å². The third kappa shape index (κ3) is 4.06. The molecule has 1 aromatic heterocycles. The van der Waals surface area contributed by atoms with E-state index in [1.165, 1.54) is 0 Å². The Bertz CT molecular complexity index is 283. The molecule has 0 aliphatic rings. The van der Waals surface area contributed by atoms with Crippen molar-refractivity contribution in [2.45, 2.75) is 39.3 Å². The Morgan fingerprint density at radius 1 is 1.47 bits per heavy atom. The van der Waals surface area contributed by atoms with Gasteiger partial charge in [0, 0.05) is 6.04 Å². The monoisotopic (exact) mass is 210 g/mol. The highest BCUT2D eigenvalue weighted by atomic mass is 16.3. The second-order valence-corrected chi connectivity index (χ2v) is 4.21. The largest absolute Gasteiger partial charge is 0.465 e. The number of aryl methyl sites for hydroxylation is 1. The Morgan fingerprint density at radius 3 is 2.73 bits per heavy atom. The molecule has 3 heteroatoms. The average molecular weight is 210 g/mol. The van der Waals surface area contributed by atoms with E-state index in [1.807, 2.05) is 19.1 Å². The molecule has 0 bridgehead atoms. The van der Waals surface area contributed by atoms with Gasteiger partial charge in [-0.05, 0) is 52.4 Å². The van der Waals surface area contributed by atoms with E-state index in [2.05, 4.69) is 18.9 Å². The summed E-state index contributed by atoms with van der Waals surface area (Å²) >= 11 is 0. The second-order valence-electron chi connectivity index (χ2n) is 4.21. The van der Waals surface area contributed by atoms with Gasteiger partial charge >= 0.3 is 0 Å². The molecular weight excluding hydrogens is 188 g/mol. The Balaban J connectivity index is 2.37. The highest BCUT2D eigenvalue weighted by molar-refractivity contribution is 5.05. The molecule has 2 N–H and O–H groups in total. The van der Waals surface area contributed by atoms with Crippen LogP contribution >= 0.6 is 0 Å². The summed E-state index contributed by atoms with van der Waals surface area (Å²) in [5, 5.41) is 0. The van der Waals surface area contributed by atoms with Gasteiger partial charge in [0.25, 0.3) is 0 Å². The van der Waals surface area contributed by atoms with Gasteiger partial charge in [0.2, 0.25) is 0 Å². The summed E-state index contributed by atoms with van der Waals surface area (Å²) in [4.78, 5) is 2.30. The van der Waals surface area contributed by atoms with E-state index in [-0.39, 0.29) is 0 Å². The molecule has 0 radical (unpaired) electrons. The van der Waals surface area contributed by atoms with Crippen molar-refractivity contribution >= 4 is 0 Å². The van der Waals surface area contributed by atoms with E-state index >= 15 is 0 Å². The molecular formula is C12H22N2O. The number of rotatable bonds is 6. The van der Waals surface area contributed by atoms with Crippen LogP contribution in [0, 0.1) is 6.92 Å². The van der Waals surface area contributed by atoms with Crippen molar-refractivity contribution in [2.75, 3.05) is 13.6 Å². The highest BCUT2D eigenvalue weighted by Crippen LogP contribution is 2.12. The molecule has 15 heavy (non-hydrogen) atoms. The first-order valence-electron chi connectivity index (χ1n) is 5.59. The molecule has 86 valence electrons. The zero-order valence-electron chi connectivity index (χ0n) is 9.99. The smallest absolute Gasteiger partial charge is 0.118 e. The van der Waals surface area contributed by atoms with E-state index in [4.69, 9.17) is 10.2 Å². The van der Waals surface area contributed by atoms with E-state index in [1.54, 1.807) is 0 Å². The van der Waals surface area contributed by atoms with Crippen molar-refractivity contribution in [3.8, 4) is 0 Å². The lowest BCUT2D eigenvalue weighted by Crippen LogP contribution is -2.28. The van der Waals surface area contributed by atoms with Crippen molar-refractivity contribution in [1.82, 2.24) is 4.90 Å². The van der Waals surface area contributed by atoms with Gasteiger partial charge in [-0.2, -0.15) is 0 Å². The zero-order chi connectivity index (χ0) is 11.3. The third-order valence-electron chi connectivity index (χ3n) is 2.78.